The molecule has 1 heterocycles. The van der Waals surface area contributed by atoms with Crippen molar-refractivity contribution in [1.29, 1.82) is 0 Å². The van der Waals surface area contributed by atoms with E-state index < -0.39 is 22.7 Å². The van der Waals surface area contributed by atoms with Crippen LogP contribution in [0.2, 0.25) is 0 Å². The summed E-state index contributed by atoms with van der Waals surface area (Å²) >= 11 is 0. The lowest BCUT2D eigenvalue weighted by Crippen LogP contribution is -2.37. The normalized spacial score (nSPS) is 21.8. The Balaban J connectivity index is 2.08. The quantitative estimate of drug-likeness (QED) is 0.322. The van der Waals surface area contributed by atoms with Crippen molar-refractivity contribution in [2.24, 2.45) is 10.9 Å². The number of aliphatic imine (C=N–C) groups is 1. The molecule has 3 rings (SSSR count). The maximum Gasteiger partial charge on any atom is 0.315 e. The van der Waals surface area contributed by atoms with Crippen molar-refractivity contribution in [2.75, 3.05) is 20.3 Å². The van der Waals surface area contributed by atoms with Crippen molar-refractivity contribution in [2.45, 2.75) is 32.1 Å². The molecule has 0 N–H and O–H groups in total. The van der Waals surface area contributed by atoms with E-state index in [0.29, 0.717) is 41.8 Å². The Morgan fingerprint density at radius 3 is 2.82 bits per heavy atom. The second-order valence-corrected chi connectivity index (χ2v) is 6.86. The highest BCUT2D eigenvalue weighted by atomic mass is 16.6. The molecule has 0 radical (unpaired) electrons. The summed E-state index contributed by atoms with van der Waals surface area (Å²) in [7, 11) is 1.50. The van der Waals surface area contributed by atoms with E-state index in [2.05, 4.69) is 4.99 Å². The fraction of sp³-hybridized carbons (Fsp3) is 0.450. The van der Waals surface area contributed by atoms with E-state index in [0.717, 1.165) is 0 Å². The van der Waals surface area contributed by atoms with Gasteiger partial charge in [-0.3, -0.25) is 24.7 Å². The summed E-state index contributed by atoms with van der Waals surface area (Å²) in [6.07, 6.45) is 1.73. The second-order valence-electron chi connectivity index (χ2n) is 6.86. The van der Waals surface area contributed by atoms with Crippen molar-refractivity contribution in [1.82, 2.24) is 0 Å². The predicted molar refractivity (Wildman–Crippen MR) is 101 cm³/mol. The van der Waals surface area contributed by atoms with Crippen LogP contribution in [-0.2, 0) is 19.1 Å². The molecule has 1 aliphatic heterocycles. The number of hydrogen-bond donors (Lipinski definition) is 0. The van der Waals surface area contributed by atoms with E-state index in [1.54, 1.807) is 19.1 Å². The van der Waals surface area contributed by atoms with Gasteiger partial charge in [-0.1, -0.05) is 12.1 Å². The van der Waals surface area contributed by atoms with Gasteiger partial charge < -0.3 is 9.47 Å². The minimum Gasteiger partial charge on any atom is -0.463 e. The molecule has 1 unspecified atom stereocenters. The summed E-state index contributed by atoms with van der Waals surface area (Å²) in [5.41, 5.74) is 2.15. The molecule has 0 spiro atoms. The SMILES string of the molecule is COCCOC(=O)C1C(C)=NC2=C(C(=O)CCC2)[C@H]1c1cccc([N+](=O)[O-])c1. The Morgan fingerprint density at radius 2 is 2.11 bits per heavy atom. The maximum atomic E-state index is 12.8. The van der Waals surface area contributed by atoms with Gasteiger partial charge in [-0.25, -0.2) is 0 Å². The van der Waals surface area contributed by atoms with Crippen molar-refractivity contribution in [3.63, 3.8) is 0 Å². The van der Waals surface area contributed by atoms with Gasteiger partial charge in [-0.2, -0.15) is 0 Å². The van der Waals surface area contributed by atoms with Gasteiger partial charge in [0.25, 0.3) is 5.69 Å². The maximum absolute atomic E-state index is 12.8. The number of ether oxygens (including phenoxy) is 2. The molecule has 0 saturated carbocycles. The minimum atomic E-state index is -0.806. The number of allylic oxidation sites excluding steroid dienone is 2. The molecule has 28 heavy (non-hydrogen) atoms. The monoisotopic (exact) mass is 386 g/mol. The highest BCUT2D eigenvalue weighted by Gasteiger charge is 2.43. The van der Waals surface area contributed by atoms with Crippen molar-refractivity contribution in [3.05, 3.63) is 51.2 Å². The summed E-state index contributed by atoms with van der Waals surface area (Å²) in [5, 5.41) is 11.2. The van der Waals surface area contributed by atoms with E-state index in [9.17, 15) is 19.7 Å². The Hall–Kier alpha value is -2.87. The Kier molecular flexibility index (Phi) is 5.99. The van der Waals surface area contributed by atoms with Crippen molar-refractivity contribution < 1.29 is 24.0 Å². The Bertz CT molecular complexity index is 873. The third kappa shape index (κ3) is 3.87. The number of carbonyl (C=O) groups is 2. The number of non-ortho nitro benzene ring substituents is 1. The number of esters is 1. The largest absolute Gasteiger partial charge is 0.463 e. The first-order valence-corrected chi connectivity index (χ1v) is 9.15. The third-order valence-corrected chi connectivity index (χ3v) is 5.06. The summed E-state index contributed by atoms with van der Waals surface area (Å²) in [6, 6.07) is 6.08. The molecule has 8 nitrogen and oxygen atoms in total. The molecule has 1 aromatic carbocycles. The van der Waals surface area contributed by atoms with Crippen LogP contribution in [0.15, 0.2) is 40.5 Å². The first-order valence-electron chi connectivity index (χ1n) is 9.15. The van der Waals surface area contributed by atoms with Gasteiger partial charge in [-0.05, 0) is 25.3 Å². The number of ketones is 1. The van der Waals surface area contributed by atoms with E-state index in [-0.39, 0.29) is 24.7 Å². The number of nitro benzene ring substituents is 1. The zero-order valence-corrected chi connectivity index (χ0v) is 15.8. The number of methoxy groups -OCH3 is 1. The molecule has 0 aromatic heterocycles. The highest BCUT2D eigenvalue weighted by Crippen LogP contribution is 2.44. The fourth-order valence-corrected chi connectivity index (χ4v) is 3.82. The molecule has 1 aromatic rings. The standard InChI is InChI=1S/C20H22N2O6/c1-12-17(20(24)28-10-9-27-2)18(13-5-3-6-14(11-13)22(25)26)19-15(21-12)7-4-8-16(19)23/h3,5-6,11,17-18H,4,7-10H2,1-2H3/t17?,18-/m0/s1. The van der Waals surface area contributed by atoms with Crippen molar-refractivity contribution in [3.8, 4) is 0 Å². The van der Waals surface area contributed by atoms with Gasteiger partial charge in [0.1, 0.15) is 12.5 Å². The molecule has 0 saturated heterocycles. The molecule has 2 atom stereocenters. The number of rotatable bonds is 6. The highest BCUT2D eigenvalue weighted by molar-refractivity contribution is 6.08. The van der Waals surface area contributed by atoms with Gasteiger partial charge in [0.15, 0.2) is 5.78 Å². The topological polar surface area (TPSA) is 108 Å². The van der Waals surface area contributed by atoms with Gasteiger partial charge in [-0.15, -0.1) is 0 Å². The van der Waals surface area contributed by atoms with Crippen LogP contribution in [0.25, 0.3) is 0 Å². The number of hydrogen-bond acceptors (Lipinski definition) is 7. The first-order chi connectivity index (χ1) is 13.4. The summed E-state index contributed by atoms with van der Waals surface area (Å²) in [6.45, 7) is 2.07. The number of carbonyl (C=O) groups excluding carboxylic acids is 2. The summed E-state index contributed by atoms with van der Waals surface area (Å²) in [4.78, 5) is 40.8. The Labute approximate surface area is 162 Å². The van der Waals surface area contributed by atoms with Crippen LogP contribution in [0.4, 0.5) is 5.69 Å². The zero-order chi connectivity index (χ0) is 20.3. The lowest BCUT2D eigenvalue weighted by molar-refractivity contribution is -0.384. The molecular formula is C20H22N2O6. The first kappa shape index (κ1) is 19.9. The third-order valence-electron chi connectivity index (χ3n) is 5.06. The summed E-state index contributed by atoms with van der Waals surface area (Å²) < 4.78 is 10.2. The van der Waals surface area contributed by atoms with E-state index in [4.69, 9.17) is 9.47 Å². The van der Waals surface area contributed by atoms with Gasteiger partial charge in [0.2, 0.25) is 0 Å². The lowest BCUT2D eigenvalue weighted by atomic mass is 9.71. The molecular weight excluding hydrogens is 364 g/mol. The van der Waals surface area contributed by atoms with Crippen LogP contribution in [0.1, 0.15) is 37.7 Å². The van der Waals surface area contributed by atoms with Gasteiger partial charge >= 0.3 is 5.97 Å². The average Bonchev–Trinajstić information content (AvgIpc) is 2.67. The van der Waals surface area contributed by atoms with Crippen LogP contribution in [0.3, 0.4) is 0 Å². The second kappa shape index (κ2) is 8.43. The van der Waals surface area contributed by atoms with E-state index >= 15 is 0 Å². The molecule has 0 bridgehead atoms. The van der Waals surface area contributed by atoms with Gasteiger partial charge in [0.05, 0.1) is 11.5 Å². The number of benzene rings is 1. The summed E-state index contributed by atoms with van der Waals surface area (Å²) in [5.74, 6) is -2.03. The Morgan fingerprint density at radius 1 is 1.32 bits per heavy atom. The molecule has 1 aliphatic carbocycles. The fourth-order valence-electron chi connectivity index (χ4n) is 3.82. The van der Waals surface area contributed by atoms with E-state index in [1.165, 1.54) is 19.2 Å². The molecule has 2 aliphatic rings. The lowest BCUT2D eigenvalue weighted by Gasteiger charge is -2.34. The van der Waals surface area contributed by atoms with Crippen LogP contribution >= 0.6 is 0 Å². The number of Topliss-reactive ketones (excluding diaryl/α,β-unsaturated/α-hetero) is 1. The predicted octanol–water partition coefficient (Wildman–Crippen LogP) is 2.97. The van der Waals surface area contributed by atoms with E-state index in [1.807, 2.05) is 0 Å². The molecule has 0 fully saturated rings. The molecule has 148 valence electrons. The molecule has 8 heteroatoms. The average molecular weight is 386 g/mol. The zero-order valence-electron chi connectivity index (χ0n) is 15.8. The van der Waals surface area contributed by atoms with Crippen LogP contribution < -0.4 is 0 Å². The number of nitro groups is 1. The van der Waals surface area contributed by atoms with Crippen LogP contribution in [0, 0.1) is 16.0 Å². The minimum absolute atomic E-state index is 0.0660. The van der Waals surface area contributed by atoms with Crippen LogP contribution in [-0.4, -0.2) is 42.7 Å². The van der Waals surface area contributed by atoms with Crippen LogP contribution in [0.5, 0.6) is 0 Å². The van der Waals surface area contributed by atoms with Crippen molar-refractivity contribution >= 4 is 23.2 Å². The number of nitrogens with zero attached hydrogens (tertiary/aromatic N) is 2. The van der Waals surface area contributed by atoms with Gasteiger partial charge in [0, 0.05) is 48.6 Å². The molecule has 0 amide bonds. The smallest absolute Gasteiger partial charge is 0.315 e.